The molecule has 0 fully saturated rings. The quantitative estimate of drug-likeness (QED) is 0.889. The zero-order valence-corrected chi connectivity index (χ0v) is 11.3. The summed E-state index contributed by atoms with van der Waals surface area (Å²) < 4.78 is 5.68. The van der Waals surface area contributed by atoms with E-state index in [-0.39, 0.29) is 0 Å². The smallest absolute Gasteiger partial charge is 0.146 e. The van der Waals surface area contributed by atoms with Gasteiger partial charge in [0.1, 0.15) is 17.3 Å². The Kier molecular flexibility index (Phi) is 4.28. The summed E-state index contributed by atoms with van der Waals surface area (Å²) >= 11 is 11.9. The minimum atomic E-state index is 0.476. The van der Waals surface area contributed by atoms with Crippen LogP contribution in [0.25, 0.3) is 0 Å². The fourth-order valence-corrected chi connectivity index (χ4v) is 1.88. The Labute approximate surface area is 116 Å². The Morgan fingerprint density at radius 3 is 2.78 bits per heavy atom. The molecule has 1 heterocycles. The molecule has 0 saturated heterocycles. The molecule has 1 N–H and O–H groups in total. The van der Waals surface area contributed by atoms with Crippen LogP contribution in [0.15, 0.2) is 36.5 Å². The average Bonchev–Trinajstić information content (AvgIpc) is 2.34. The Morgan fingerprint density at radius 1 is 1.22 bits per heavy atom. The Hall–Kier alpha value is -1.45. The van der Waals surface area contributed by atoms with Crippen molar-refractivity contribution in [3.8, 4) is 11.5 Å². The van der Waals surface area contributed by atoms with Gasteiger partial charge >= 0.3 is 0 Å². The number of halogens is 2. The van der Waals surface area contributed by atoms with E-state index >= 15 is 0 Å². The van der Waals surface area contributed by atoms with Crippen molar-refractivity contribution in [1.82, 2.24) is 4.98 Å². The number of aromatic nitrogens is 1. The van der Waals surface area contributed by atoms with Crippen LogP contribution in [0.1, 0.15) is 6.92 Å². The summed E-state index contributed by atoms with van der Waals surface area (Å²) in [6.07, 6.45) is 1.68. The van der Waals surface area contributed by atoms with E-state index in [4.69, 9.17) is 27.9 Å². The van der Waals surface area contributed by atoms with Crippen molar-refractivity contribution in [2.45, 2.75) is 6.92 Å². The largest absolute Gasteiger partial charge is 0.456 e. The third-order valence-electron chi connectivity index (χ3n) is 2.21. The minimum Gasteiger partial charge on any atom is -0.456 e. The van der Waals surface area contributed by atoms with Crippen LogP contribution in [-0.4, -0.2) is 11.5 Å². The molecule has 2 rings (SSSR count). The molecule has 5 heteroatoms. The maximum atomic E-state index is 6.04. The van der Waals surface area contributed by atoms with Gasteiger partial charge in [-0.3, -0.25) is 0 Å². The van der Waals surface area contributed by atoms with Crippen molar-refractivity contribution in [2.24, 2.45) is 0 Å². The summed E-state index contributed by atoms with van der Waals surface area (Å²) in [5.41, 5.74) is 0. The number of nitrogens with zero attached hydrogens (tertiary/aromatic N) is 1. The number of ether oxygens (including phenoxy) is 1. The van der Waals surface area contributed by atoms with Gasteiger partial charge in [-0.05, 0) is 31.2 Å². The Morgan fingerprint density at radius 2 is 2.06 bits per heavy atom. The topological polar surface area (TPSA) is 34.1 Å². The minimum absolute atomic E-state index is 0.476. The SMILES string of the molecule is CCNc1cc(Oc2ccc(Cl)cc2Cl)ccn1. The summed E-state index contributed by atoms with van der Waals surface area (Å²) in [6.45, 7) is 2.81. The number of pyridine rings is 1. The highest BCUT2D eigenvalue weighted by Gasteiger charge is 2.04. The molecule has 3 nitrogen and oxygen atoms in total. The highest BCUT2D eigenvalue weighted by molar-refractivity contribution is 6.35. The number of hydrogen-bond donors (Lipinski definition) is 1. The van der Waals surface area contributed by atoms with Gasteiger partial charge in [0.15, 0.2) is 0 Å². The summed E-state index contributed by atoms with van der Waals surface area (Å²) in [5.74, 6) is 2.00. The average molecular weight is 283 g/mol. The molecule has 0 unspecified atom stereocenters. The van der Waals surface area contributed by atoms with Gasteiger partial charge in [0.2, 0.25) is 0 Å². The zero-order valence-electron chi connectivity index (χ0n) is 9.78. The van der Waals surface area contributed by atoms with Gasteiger partial charge in [0.25, 0.3) is 0 Å². The molecule has 2 aromatic rings. The molecule has 0 atom stereocenters. The molecule has 0 aliphatic carbocycles. The molecule has 94 valence electrons. The van der Waals surface area contributed by atoms with Gasteiger partial charge in [0, 0.05) is 23.8 Å². The molecule has 0 aliphatic heterocycles. The van der Waals surface area contributed by atoms with Crippen LogP contribution in [0.4, 0.5) is 5.82 Å². The first kappa shape index (κ1) is 13.0. The predicted molar refractivity (Wildman–Crippen MR) is 74.9 cm³/mol. The third-order valence-corrected chi connectivity index (χ3v) is 2.74. The Bertz CT molecular complexity index is 546. The number of anilines is 1. The van der Waals surface area contributed by atoms with Crippen LogP contribution < -0.4 is 10.1 Å². The number of rotatable bonds is 4. The van der Waals surface area contributed by atoms with Crippen LogP contribution in [-0.2, 0) is 0 Å². The van der Waals surface area contributed by atoms with Crippen molar-refractivity contribution < 1.29 is 4.74 Å². The van der Waals surface area contributed by atoms with Crippen molar-refractivity contribution in [3.63, 3.8) is 0 Å². The number of benzene rings is 1. The first-order valence-corrected chi connectivity index (χ1v) is 6.27. The van der Waals surface area contributed by atoms with E-state index in [1.54, 1.807) is 30.5 Å². The fraction of sp³-hybridized carbons (Fsp3) is 0.154. The van der Waals surface area contributed by atoms with Gasteiger partial charge in [-0.1, -0.05) is 23.2 Å². The fourth-order valence-electron chi connectivity index (χ4n) is 1.44. The lowest BCUT2D eigenvalue weighted by Crippen LogP contribution is -1.98. The highest BCUT2D eigenvalue weighted by Crippen LogP contribution is 2.31. The lowest BCUT2D eigenvalue weighted by atomic mass is 10.3. The van der Waals surface area contributed by atoms with E-state index in [2.05, 4.69) is 10.3 Å². The molecule has 0 saturated carbocycles. The summed E-state index contributed by atoms with van der Waals surface area (Å²) in [7, 11) is 0. The second kappa shape index (κ2) is 5.94. The van der Waals surface area contributed by atoms with E-state index < -0.39 is 0 Å². The lowest BCUT2D eigenvalue weighted by Gasteiger charge is -2.09. The van der Waals surface area contributed by atoms with Crippen LogP contribution in [0.2, 0.25) is 10.0 Å². The monoisotopic (exact) mass is 282 g/mol. The number of hydrogen-bond acceptors (Lipinski definition) is 3. The summed E-state index contributed by atoms with van der Waals surface area (Å²) in [4.78, 5) is 4.16. The van der Waals surface area contributed by atoms with Gasteiger partial charge in [-0.25, -0.2) is 4.98 Å². The van der Waals surface area contributed by atoms with Crippen molar-refractivity contribution in [1.29, 1.82) is 0 Å². The molecular formula is C13H12Cl2N2O. The molecule has 1 aromatic carbocycles. The van der Waals surface area contributed by atoms with Crippen LogP contribution in [0.3, 0.4) is 0 Å². The molecule has 0 aliphatic rings. The van der Waals surface area contributed by atoms with E-state index in [9.17, 15) is 0 Å². The van der Waals surface area contributed by atoms with E-state index in [1.165, 1.54) is 0 Å². The maximum Gasteiger partial charge on any atom is 0.146 e. The predicted octanol–water partition coefficient (Wildman–Crippen LogP) is 4.61. The van der Waals surface area contributed by atoms with Gasteiger partial charge in [-0.15, -0.1) is 0 Å². The first-order chi connectivity index (χ1) is 8.69. The second-order valence-corrected chi connectivity index (χ2v) is 4.43. The van der Waals surface area contributed by atoms with Gasteiger partial charge in [0.05, 0.1) is 5.02 Å². The van der Waals surface area contributed by atoms with Crippen molar-refractivity contribution >= 4 is 29.0 Å². The standard InChI is InChI=1S/C13H12Cl2N2O/c1-2-16-13-8-10(5-6-17-13)18-12-4-3-9(14)7-11(12)15/h3-8H,2H2,1H3,(H,16,17). The van der Waals surface area contributed by atoms with Crippen LogP contribution >= 0.6 is 23.2 Å². The van der Waals surface area contributed by atoms with Crippen molar-refractivity contribution in [2.75, 3.05) is 11.9 Å². The molecular weight excluding hydrogens is 271 g/mol. The van der Waals surface area contributed by atoms with Gasteiger partial charge < -0.3 is 10.1 Å². The maximum absolute atomic E-state index is 6.04. The molecule has 0 bridgehead atoms. The molecule has 18 heavy (non-hydrogen) atoms. The van der Waals surface area contributed by atoms with Gasteiger partial charge in [-0.2, -0.15) is 0 Å². The van der Waals surface area contributed by atoms with E-state index in [0.717, 1.165) is 12.4 Å². The molecule has 0 radical (unpaired) electrons. The molecule has 0 spiro atoms. The second-order valence-electron chi connectivity index (χ2n) is 3.58. The summed E-state index contributed by atoms with van der Waals surface area (Å²) in [5, 5.41) is 4.17. The first-order valence-electron chi connectivity index (χ1n) is 5.52. The molecule has 0 amide bonds. The van der Waals surface area contributed by atoms with Crippen molar-refractivity contribution in [3.05, 3.63) is 46.6 Å². The summed E-state index contributed by atoms with van der Waals surface area (Å²) in [6, 6.07) is 8.69. The van der Waals surface area contributed by atoms with E-state index in [1.807, 2.05) is 13.0 Å². The van der Waals surface area contributed by atoms with E-state index in [0.29, 0.717) is 21.5 Å². The molecule has 1 aromatic heterocycles. The van der Waals surface area contributed by atoms with Crippen LogP contribution in [0.5, 0.6) is 11.5 Å². The lowest BCUT2D eigenvalue weighted by molar-refractivity contribution is 0.482. The zero-order chi connectivity index (χ0) is 13.0. The normalized spacial score (nSPS) is 10.2. The Balaban J connectivity index is 2.20. The van der Waals surface area contributed by atoms with Crippen LogP contribution in [0, 0.1) is 0 Å². The highest BCUT2D eigenvalue weighted by atomic mass is 35.5. The number of nitrogens with one attached hydrogen (secondary N) is 1. The third kappa shape index (κ3) is 3.28.